The largest absolute Gasteiger partial charge is 0.483 e. The molecule has 0 aliphatic carbocycles. The highest BCUT2D eigenvalue weighted by molar-refractivity contribution is 7.87. The Balaban J connectivity index is 3.17. The smallest absolute Gasteiger partial charge is 0.427 e. The Morgan fingerprint density at radius 3 is 1.90 bits per heavy atom. The molecule has 21 heavy (non-hydrogen) atoms. The van der Waals surface area contributed by atoms with Gasteiger partial charge >= 0.3 is 27.8 Å². The first-order valence-electron chi connectivity index (χ1n) is 4.74. The van der Waals surface area contributed by atoms with Crippen molar-refractivity contribution in [2.45, 2.75) is 17.5 Å². The van der Waals surface area contributed by atoms with Gasteiger partial charge < -0.3 is 4.74 Å². The minimum absolute atomic E-state index is 0.0746. The Labute approximate surface area is 112 Å². The standard InChI is InChI=1S/C9H4F8O3S/c10-7(11,12)5-2-1-3-6(4-5)20-8(13,14)9(15,16)21(17,18)19/h1-4H. The average Bonchev–Trinajstić information content (AvgIpc) is 2.25. The lowest BCUT2D eigenvalue weighted by Crippen LogP contribution is -2.49. The molecule has 0 saturated heterocycles. The van der Waals surface area contributed by atoms with E-state index in [0.29, 0.717) is 18.2 Å². The number of halogens is 8. The summed E-state index contributed by atoms with van der Waals surface area (Å²) < 4.78 is 123. The van der Waals surface area contributed by atoms with Crippen molar-refractivity contribution >= 4 is 10.2 Å². The molecule has 12 heteroatoms. The lowest BCUT2D eigenvalue weighted by atomic mass is 10.2. The fraction of sp³-hybridized carbons (Fsp3) is 0.333. The molecule has 1 aromatic carbocycles. The van der Waals surface area contributed by atoms with Crippen molar-refractivity contribution in [2.24, 2.45) is 0 Å². The van der Waals surface area contributed by atoms with Gasteiger partial charge in [-0.05, 0) is 18.2 Å². The van der Waals surface area contributed by atoms with E-state index in [1.807, 2.05) is 0 Å². The highest BCUT2D eigenvalue weighted by Gasteiger charge is 2.70. The van der Waals surface area contributed by atoms with E-state index in [-0.39, 0.29) is 6.07 Å². The first kappa shape index (κ1) is 17.5. The van der Waals surface area contributed by atoms with E-state index in [2.05, 4.69) is 4.74 Å². The summed E-state index contributed by atoms with van der Waals surface area (Å²) in [5, 5.41) is -6.27. The molecule has 3 nitrogen and oxygen atoms in total. The molecule has 0 amide bonds. The first-order chi connectivity index (χ1) is 9.18. The van der Waals surface area contributed by atoms with Gasteiger partial charge in [-0.2, -0.15) is 39.2 Å². The van der Waals surface area contributed by atoms with Gasteiger partial charge in [-0.3, -0.25) is 0 Å². The van der Waals surface area contributed by atoms with Crippen molar-refractivity contribution in [3.63, 3.8) is 0 Å². The number of benzene rings is 1. The molecule has 0 unspecified atom stereocenters. The molecule has 0 atom stereocenters. The van der Waals surface area contributed by atoms with Crippen LogP contribution in [0.2, 0.25) is 0 Å². The molecule has 0 aromatic heterocycles. The molecule has 0 fully saturated rings. The van der Waals surface area contributed by atoms with Gasteiger partial charge in [0.1, 0.15) is 5.75 Å². The summed E-state index contributed by atoms with van der Waals surface area (Å²) in [5.41, 5.74) is -1.51. The van der Waals surface area contributed by atoms with Crippen LogP contribution in [0.1, 0.15) is 5.56 Å². The van der Waals surface area contributed by atoms with E-state index in [1.54, 1.807) is 0 Å². The fourth-order valence-corrected chi connectivity index (χ4v) is 1.41. The zero-order valence-corrected chi connectivity index (χ0v) is 10.3. The molecule has 0 radical (unpaired) electrons. The predicted molar refractivity (Wildman–Crippen MR) is 52.0 cm³/mol. The van der Waals surface area contributed by atoms with Crippen LogP contribution in [0.5, 0.6) is 5.75 Å². The maximum atomic E-state index is 12.9. The number of ether oxygens (including phenoxy) is 1. The maximum absolute atomic E-state index is 12.9. The minimum atomic E-state index is -7.05. The second kappa shape index (κ2) is 5.00. The molecule has 120 valence electrons. The number of hydrogen-bond donors (Lipinski definition) is 0. The monoisotopic (exact) mass is 344 g/mol. The first-order valence-corrected chi connectivity index (χ1v) is 6.13. The van der Waals surface area contributed by atoms with E-state index in [1.165, 1.54) is 0 Å². The van der Waals surface area contributed by atoms with Crippen LogP contribution in [0.25, 0.3) is 0 Å². The average molecular weight is 344 g/mol. The summed E-state index contributed by atoms with van der Waals surface area (Å²) >= 11 is 0. The molecule has 0 saturated carbocycles. The lowest BCUT2D eigenvalue weighted by molar-refractivity contribution is -0.274. The van der Waals surface area contributed by atoms with Crippen molar-refractivity contribution in [3.8, 4) is 5.75 Å². The number of hydrogen-bond acceptors (Lipinski definition) is 3. The summed E-state index contributed by atoms with van der Waals surface area (Å²) in [4.78, 5) is 0. The molecule has 0 spiro atoms. The van der Waals surface area contributed by atoms with Crippen LogP contribution in [0.4, 0.5) is 34.6 Å². The van der Waals surface area contributed by atoms with Gasteiger partial charge in [-0.15, -0.1) is 0 Å². The van der Waals surface area contributed by atoms with Crippen molar-refractivity contribution in [3.05, 3.63) is 29.8 Å². The maximum Gasteiger partial charge on any atom is 0.483 e. The van der Waals surface area contributed by atoms with E-state index in [9.17, 15) is 43.0 Å². The van der Waals surface area contributed by atoms with Gasteiger partial charge in [0.25, 0.3) is 0 Å². The van der Waals surface area contributed by atoms with Crippen molar-refractivity contribution in [1.82, 2.24) is 0 Å². The van der Waals surface area contributed by atoms with Gasteiger partial charge in [-0.25, -0.2) is 0 Å². The van der Waals surface area contributed by atoms with Crippen LogP contribution in [0.3, 0.4) is 0 Å². The van der Waals surface area contributed by atoms with E-state index in [0.717, 1.165) is 0 Å². The third kappa shape index (κ3) is 3.54. The van der Waals surface area contributed by atoms with Crippen LogP contribution in [0.15, 0.2) is 24.3 Å². The summed E-state index contributed by atoms with van der Waals surface area (Å²) in [7, 11) is -7.05. The highest BCUT2D eigenvalue weighted by atomic mass is 32.3. The Hall–Kier alpha value is -1.59. The molecule has 0 bridgehead atoms. The Morgan fingerprint density at radius 2 is 1.48 bits per heavy atom. The van der Waals surface area contributed by atoms with Gasteiger partial charge in [0, 0.05) is 0 Å². The molecule has 0 heterocycles. The van der Waals surface area contributed by atoms with Gasteiger partial charge in [0.2, 0.25) is 0 Å². The molecule has 1 rings (SSSR count). The SMILES string of the molecule is O=S(=O)(F)C(F)(F)C(F)(F)Oc1cccc(C(F)(F)F)c1. The van der Waals surface area contributed by atoms with Crippen LogP contribution < -0.4 is 4.74 Å². The van der Waals surface area contributed by atoms with Crippen molar-refractivity contribution < 1.29 is 47.8 Å². The quantitative estimate of drug-likeness (QED) is 0.620. The minimum Gasteiger partial charge on any atom is -0.427 e. The number of rotatable bonds is 4. The molecular formula is C9H4F8O3S. The zero-order valence-electron chi connectivity index (χ0n) is 9.47. The van der Waals surface area contributed by atoms with Crippen molar-refractivity contribution in [2.75, 3.05) is 0 Å². The normalized spacial score (nSPS) is 14.1. The van der Waals surface area contributed by atoms with E-state index >= 15 is 0 Å². The highest BCUT2D eigenvalue weighted by Crippen LogP contribution is 2.42. The summed E-state index contributed by atoms with van der Waals surface area (Å²) in [6, 6.07) is 1.34. The molecular weight excluding hydrogens is 340 g/mol. The Morgan fingerprint density at radius 1 is 0.952 bits per heavy atom. The van der Waals surface area contributed by atoms with E-state index in [4.69, 9.17) is 0 Å². The third-order valence-electron chi connectivity index (χ3n) is 2.05. The molecule has 0 aliphatic rings. The summed E-state index contributed by atoms with van der Waals surface area (Å²) in [6.07, 6.45) is -10.9. The zero-order chi connectivity index (χ0) is 16.7. The molecule has 0 aliphatic heterocycles. The van der Waals surface area contributed by atoms with Crippen LogP contribution in [-0.4, -0.2) is 19.8 Å². The second-order valence-electron chi connectivity index (χ2n) is 3.60. The Bertz CT molecular complexity index is 622. The Kier molecular flexibility index (Phi) is 4.16. The van der Waals surface area contributed by atoms with Crippen molar-refractivity contribution in [1.29, 1.82) is 0 Å². The predicted octanol–water partition coefficient (Wildman–Crippen LogP) is 3.57. The van der Waals surface area contributed by atoms with E-state index < -0.39 is 39.1 Å². The molecule has 1 aromatic rings. The second-order valence-corrected chi connectivity index (χ2v) is 4.99. The molecule has 0 N–H and O–H groups in total. The van der Waals surface area contributed by atoms with Crippen LogP contribution >= 0.6 is 0 Å². The summed E-state index contributed by atoms with van der Waals surface area (Å²) in [6.45, 7) is 0. The number of alkyl halides is 7. The lowest BCUT2D eigenvalue weighted by Gasteiger charge is -2.23. The van der Waals surface area contributed by atoms with Gasteiger partial charge in [0.15, 0.2) is 0 Å². The fourth-order valence-electron chi connectivity index (χ4n) is 1.09. The topological polar surface area (TPSA) is 43.4 Å². The van der Waals surface area contributed by atoms with Gasteiger partial charge in [-0.1, -0.05) is 9.95 Å². The van der Waals surface area contributed by atoms with Crippen LogP contribution in [-0.2, 0) is 16.4 Å². The van der Waals surface area contributed by atoms with Crippen LogP contribution in [0, 0.1) is 0 Å². The van der Waals surface area contributed by atoms with Gasteiger partial charge in [0.05, 0.1) is 5.56 Å². The summed E-state index contributed by atoms with van der Waals surface area (Å²) in [5.74, 6) is -1.42. The third-order valence-corrected chi connectivity index (χ3v) is 2.90.